The van der Waals surface area contributed by atoms with Crippen LogP contribution in [0.4, 0.5) is 0 Å². The van der Waals surface area contributed by atoms with Crippen LogP contribution < -0.4 is 20.3 Å². The minimum Gasteiger partial charge on any atom is -0.490 e. The Balaban J connectivity index is 1.52. The molecule has 2 N–H and O–H groups in total. The topological polar surface area (TPSA) is 93.3 Å². The average molecular weight is 462 g/mol. The Labute approximate surface area is 189 Å². The number of fused-ring (bicyclic) bond motifs is 1. The molecule has 0 spiro atoms. The molecular formula is C22H27N3O4S2. The highest BCUT2D eigenvalue weighted by molar-refractivity contribution is 7.99. The quantitative estimate of drug-likeness (QED) is 0.352. The van der Waals surface area contributed by atoms with Gasteiger partial charge in [0.05, 0.1) is 24.4 Å². The first-order valence-electron chi connectivity index (χ1n) is 10.2. The SMILES string of the molecule is CCOc1ccc(CCNC(=O)CSc2nc3sc(C)c(C)c3c(=O)[nH]2)cc1OCC. The first-order valence-corrected chi connectivity index (χ1v) is 12.0. The lowest BCUT2D eigenvalue weighted by atomic mass is 10.1. The highest BCUT2D eigenvalue weighted by Crippen LogP contribution is 2.29. The summed E-state index contributed by atoms with van der Waals surface area (Å²) in [6.45, 7) is 9.40. The van der Waals surface area contributed by atoms with Crippen molar-refractivity contribution >= 4 is 39.2 Å². The fraction of sp³-hybridized carbons (Fsp3) is 0.409. The summed E-state index contributed by atoms with van der Waals surface area (Å²) in [5.41, 5.74) is 1.86. The van der Waals surface area contributed by atoms with Crippen molar-refractivity contribution < 1.29 is 14.3 Å². The molecule has 0 bridgehead atoms. The van der Waals surface area contributed by atoms with Gasteiger partial charge in [0.2, 0.25) is 5.91 Å². The number of rotatable bonds is 10. The van der Waals surface area contributed by atoms with E-state index in [-0.39, 0.29) is 17.2 Å². The molecule has 166 valence electrons. The second-order valence-corrected chi connectivity index (χ2v) is 9.04. The molecule has 0 saturated carbocycles. The minimum absolute atomic E-state index is 0.109. The van der Waals surface area contributed by atoms with Crippen LogP contribution in [0.15, 0.2) is 28.2 Å². The van der Waals surface area contributed by atoms with Crippen molar-refractivity contribution in [1.29, 1.82) is 0 Å². The van der Waals surface area contributed by atoms with Crippen molar-refractivity contribution in [2.24, 2.45) is 0 Å². The van der Waals surface area contributed by atoms with Crippen LogP contribution in [0.3, 0.4) is 0 Å². The molecule has 3 aromatic rings. The van der Waals surface area contributed by atoms with Gasteiger partial charge in [-0.3, -0.25) is 9.59 Å². The van der Waals surface area contributed by atoms with Gasteiger partial charge in [0.1, 0.15) is 4.83 Å². The van der Waals surface area contributed by atoms with Gasteiger partial charge in [-0.1, -0.05) is 17.8 Å². The number of aryl methyl sites for hydroxylation is 2. The zero-order chi connectivity index (χ0) is 22.4. The Morgan fingerprint density at radius 1 is 1.19 bits per heavy atom. The van der Waals surface area contributed by atoms with Crippen molar-refractivity contribution in [1.82, 2.24) is 15.3 Å². The number of carbonyl (C=O) groups excluding carboxylic acids is 1. The second kappa shape index (κ2) is 10.7. The number of hydrogen-bond donors (Lipinski definition) is 2. The molecule has 2 heterocycles. The van der Waals surface area contributed by atoms with Gasteiger partial charge < -0.3 is 19.8 Å². The van der Waals surface area contributed by atoms with Crippen LogP contribution in [0.2, 0.25) is 0 Å². The summed E-state index contributed by atoms with van der Waals surface area (Å²) in [6, 6.07) is 5.82. The number of thiophene rings is 1. The van der Waals surface area contributed by atoms with Crippen molar-refractivity contribution in [2.45, 2.75) is 39.3 Å². The number of nitrogens with one attached hydrogen (secondary N) is 2. The van der Waals surface area contributed by atoms with Crippen LogP contribution in [0.25, 0.3) is 10.2 Å². The van der Waals surface area contributed by atoms with Gasteiger partial charge in [0, 0.05) is 11.4 Å². The molecule has 7 nitrogen and oxygen atoms in total. The molecule has 2 aromatic heterocycles. The van der Waals surface area contributed by atoms with Gasteiger partial charge in [-0.05, 0) is 57.4 Å². The maximum atomic E-state index is 12.3. The first kappa shape index (κ1) is 23.1. The van der Waals surface area contributed by atoms with E-state index in [4.69, 9.17) is 9.47 Å². The average Bonchev–Trinajstić information content (AvgIpc) is 3.02. The van der Waals surface area contributed by atoms with Crippen LogP contribution in [0.5, 0.6) is 11.5 Å². The molecule has 9 heteroatoms. The van der Waals surface area contributed by atoms with E-state index in [9.17, 15) is 9.59 Å². The van der Waals surface area contributed by atoms with Gasteiger partial charge in [0.15, 0.2) is 16.7 Å². The summed E-state index contributed by atoms with van der Waals surface area (Å²) in [5, 5.41) is 4.01. The monoisotopic (exact) mass is 461 g/mol. The van der Waals surface area contributed by atoms with E-state index < -0.39 is 0 Å². The number of hydrogen-bond acceptors (Lipinski definition) is 7. The number of thioether (sulfide) groups is 1. The smallest absolute Gasteiger partial charge is 0.260 e. The third-order valence-electron chi connectivity index (χ3n) is 4.70. The number of nitrogens with zero attached hydrogens (tertiary/aromatic N) is 1. The third kappa shape index (κ3) is 5.80. The summed E-state index contributed by atoms with van der Waals surface area (Å²) < 4.78 is 11.2. The minimum atomic E-state index is -0.157. The lowest BCUT2D eigenvalue weighted by Gasteiger charge is -2.12. The maximum Gasteiger partial charge on any atom is 0.260 e. The predicted octanol–water partition coefficient (Wildman–Crippen LogP) is 3.85. The highest BCUT2D eigenvalue weighted by Gasteiger charge is 2.13. The molecule has 3 rings (SSSR count). The molecule has 31 heavy (non-hydrogen) atoms. The van der Waals surface area contributed by atoms with E-state index in [1.165, 1.54) is 23.1 Å². The lowest BCUT2D eigenvalue weighted by molar-refractivity contribution is -0.118. The van der Waals surface area contributed by atoms with Gasteiger partial charge >= 0.3 is 0 Å². The van der Waals surface area contributed by atoms with E-state index in [1.54, 1.807) is 0 Å². The Kier molecular flexibility index (Phi) is 7.97. The second-order valence-electron chi connectivity index (χ2n) is 6.87. The maximum absolute atomic E-state index is 12.3. The zero-order valence-electron chi connectivity index (χ0n) is 18.2. The van der Waals surface area contributed by atoms with Crippen LogP contribution in [0.1, 0.15) is 29.9 Å². The molecule has 0 atom stereocenters. The molecule has 0 unspecified atom stereocenters. The van der Waals surface area contributed by atoms with E-state index in [1.807, 2.05) is 45.9 Å². The summed E-state index contributed by atoms with van der Waals surface area (Å²) in [5.74, 6) is 1.52. The van der Waals surface area contributed by atoms with Crippen LogP contribution in [0, 0.1) is 13.8 Å². The number of amides is 1. The molecule has 0 radical (unpaired) electrons. The fourth-order valence-electron chi connectivity index (χ4n) is 3.09. The lowest BCUT2D eigenvalue weighted by Crippen LogP contribution is -2.27. The van der Waals surface area contributed by atoms with E-state index in [0.717, 1.165) is 21.8 Å². The Bertz CT molecular complexity index is 1120. The summed E-state index contributed by atoms with van der Waals surface area (Å²) >= 11 is 2.72. The largest absolute Gasteiger partial charge is 0.490 e. The Morgan fingerprint density at radius 3 is 2.68 bits per heavy atom. The van der Waals surface area contributed by atoms with Crippen molar-refractivity contribution in [2.75, 3.05) is 25.5 Å². The predicted molar refractivity (Wildman–Crippen MR) is 126 cm³/mol. The molecule has 0 saturated heterocycles. The highest BCUT2D eigenvalue weighted by atomic mass is 32.2. The van der Waals surface area contributed by atoms with Crippen LogP contribution in [-0.4, -0.2) is 41.4 Å². The fourth-order valence-corrected chi connectivity index (χ4v) is 4.86. The normalized spacial score (nSPS) is 11.0. The number of benzene rings is 1. The number of carbonyl (C=O) groups is 1. The molecule has 0 aliphatic carbocycles. The van der Waals surface area contributed by atoms with E-state index >= 15 is 0 Å². The number of ether oxygens (including phenoxy) is 2. The van der Waals surface area contributed by atoms with Gasteiger partial charge in [-0.25, -0.2) is 4.98 Å². The summed E-state index contributed by atoms with van der Waals surface area (Å²) in [6.07, 6.45) is 0.678. The molecule has 0 fully saturated rings. The third-order valence-corrected chi connectivity index (χ3v) is 6.68. The molecular weight excluding hydrogens is 434 g/mol. The van der Waals surface area contributed by atoms with Gasteiger partial charge in [-0.2, -0.15) is 0 Å². The van der Waals surface area contributed by atoms with Crippen molar-refractivity contribution in [3.8, 4) is 11.5 Å². The van der Waals surface area contributed by atoms with Crippen LogP contribution in [-0.2, 0) is 11.2 Å². The van der Waals surface area contributed by atoms with Crippen molar-refractivity contribution in [3.05, 3.63) is 44.6 Å². The van der Waals surface area contributed by atoms with E-state index in [0.29, 0.717) is 47.3 Å². The van der Waals surface area contributed by atoms with E-state index in [2.05, 4.69) is 15.3 Å². The van der Waals surface area contributed by atoms with Crippen LogP contribution >= 0.6 is 23.1 Å². The first-order chi connectivity index (χ1) is 14.9. The Morgan fingerprint density at radius 2 is 1.94 bits per heavy atom. The standard InChI is InChI=1S/C22H27N3O4S2/c1-5-28-16-8-7-15(11-17(16)29-6-2)9-10-23-18(26)12-30-22-24-20(27)19-13(3)14(4)31-21(19)25-22/h7-8,11H,5-6,9-10,12H2,1-4H3,(H,23,26)(H,24,25,27). The number of aromatic amines is 1. The number of H-pyrrole nitrogens is 1. The van der Waals surface area contributed by atoms with Crippen molar-refractivity contribution in [3.63, 3.8) is 0 Å². The molecule has 0 aliphatic heterocycles. The molecule has 1 amide bonds. The molecule has 0 aliphatic rings. The van der Waals surface area contributed by atoms with Gasteiger partial charge in [-0.15, -0.1) is 11.3 Å². The molecule has 1 aromatic carbocycles. The Hall–Kier alpha value is -2.52. The number of aromatic nitrogens is 2. The summed E-state index contributed by atoms with van der Waals surface area (Å²) in [4.78, 5) is 33.6. The van der Waals surface area contributed by atoms with Gasteiger partial charge in [0.25, 0.3) is 5.56 Å². The zero-order valence-corrected chi connectivity index (χ0v) is 19.8. The summed E-state index contributed by atoms with van der Waals surface area (Å²) in [7, 11) is 0.